The van der Waals surface area contributed by atoms with Crippen LogP contribution in [0.25, 0.3) is 10.8 Å². The third-order valence-electron chi connectivity index (χ3n) is 7.90. The zero-order valence-corrected chi connectivity index (χ0v) is 26.1. The molecule has 0 saturated carbocycles. The van der Waals surface area contributed by atoms with Gasteiger partial charge in [-0.05, 0) is 54.3 Å². The first-order chi connectivity index (χ1) is 21.3. The van der Waals surface area contributed by atoms with Crippen molar-refractivity contribution in [2.45, 2.75) is 96.8 Å². The van der Waals surface area contributed by atoms with E-state index in [0.717, 1.165) is 45.8 Å². The van der Waals surface area contributed by atoms with Gasteiger partial charge in [-0.1, -0.05) is 139 Å². The first-order valence-corrected chi connectivity index (χ1v) is 16.6. The highest BCUT2D eigenvalue weighted by atomic mass is 15.1. The minimum Gasteiger partial charge on any atom is -0.383 e. The van der Waals surface area contributed by atoms with Crippen LogP contribution in [0.4, 0.5) is 28.4 Å². The fourth-order valence-corrected chi connectivity index (χ4v) is 5.35. The summed E-state index contributed by atoms with van der Waals surface area (Å²) in [6.45, 7) is 3.23. The van der Waals surface area contributed by atoms with Crippen molar-refractivity contribution < 1.29 is 0 Å². The second-order valence-corrected chi connectivity index (χ2v) is 11.5. The van der Waals surface area contributed by atoms with Crippen LogP contribution in [0.2, 0.25) is 0 Å². The molecule has 0 saturated heterocycles. The number of unbranched alkanes of at least 4 members (excludes halogenated alkanes) is 13. The highest BCUT2D eigenvalue weighted by molar-refractivity contribution is 5.98. The van der Waals surface area contributed by atoms with Crippen LogP contribution < -0.4 is 5.32 Å². The molecule has 1 N–H and O–H groups in total. The summed E-state index contributed by atoms with van der Waals surface area (Å²) >= 11 is 0. The van der Waals surface area contributed by atoms with Crippen LogP contribution in [-0.2, 0) is 0 Å². The summed E-state index contributed by atoms with van der Waals surface area (Å²) in [4.78, 5) is 0. The van der Waals surface area contributed by atoms with Gasteiger partial charge in [0.15, 0.2) is 0 Å². The van der Waals surface area contributed by atoms with Gasteiger partial charge in [0.1, 0.15) is 5.69 Å². The Bertz CT molecular complexity index is 1380. The summed E-state index contributed by atoms with van der Waals surface area (Å²) in [5.41, 5.74) is 4.31. The van der Waals surface area contributed by atoms with Crippen LogP contribution in [0.1, 0.15) is 96.8 Å². The van der Waals surface area contributed by atoms with Gasteiger partial charge < -0.3 is 5.32 Å². The van der Waals surface area contributed by atoms with Crippen molar-refractivity contribution in [1.29, 1.82) is 0 Å². The molecule has 0 aliphatic carbocycles. The van der Waals surface area contributed by atoms with Crippen molar-refractivity contribution in [3.05, 3.63) is 91.0 Å². The van der Waals surface area contributed by atoms with Crippen LogP contribution in [0.5, 0.6) is 0 Å². The van der Waals surface area contributed by atoms with Gasteiger partial charge in [0.2, 0.25) is 0 Å². The van der Waals surface area contributed by atoms with Crippen molar-refractivity contribution in [2.24, 2.45) is 20.5 Å². The number of hydrogen-bond donors (Lipinski definition) is 1. The molecule has 0 spiro atoms. The molecule has 0 amide bonds. The summed E-state index contributed by atoms with van der Waals surface area (Å²) < 4.78 is 0. The first kappa shape index (κ1) is 32.1. The quantitative estimate of drug-likeness (QED) is 0.0826. The molecule has 0 heterocycles. The number of hydrogen-bond acceptors (Lipinski definition) is 5. The maximum absolute atomic E-state index is 4.72. The predicted octanol–water partition coefficient (Wildman–Crippen LogP) is 13.6. The van der Waals surface area contributed by atoms with Gasteiger partial charge in [-0.25, -0.2) is 0 Å². The summed E-state index contributed by atoms with van der Waals surface area (Å²) in [7, 11) is 0. The highest BCUT2D eigenvalue weighted by Crippen LogP contribution is 2.35. The van der Waals surface area contributed by atoms with E-state index in [9.17, 15) is 0 Å². The Labute approximate surface area is 259 Å². The molecular weight excluding hydrogens is 526 g/mol. The Hall–Kier alpha value is -3.86. The lowest BCUT2D eigenvalue weighted by Gasteiger charge is -2.11. The molecule has 4 aromatic carbocycles. The average Bonchev–Trinajstić information content (AvgIpc) is 3.05. The lowest BCUT2D eigenvalue weighted by Crippen LogP contribution is -2.01. The zero-order chi connectivity index (χ0) is 29.8. The molecule has 5 nitrogen and oxygen atoms in total. The fourth-order valence-electron chi connectivity index (χ4n) is 5.35. The maximum Gasteiger partial charge on any atom is 0.117 e. The molecule has 0 aliphatic heterocycles. The van der Waals surface area contributed by atoms with Gasteiger partial charge in [0.05, 0.1) is 22.7 Å². The minimum absolute atomic E-state index is 0.781. The van der Waals surface area contributed by atoms with Crippen LogP contribution in [-0.4, -0.2) is 6.54 Å². The molecule has 4 rings (SSSR count). The van der Waals surface area contributed by atoms with Crippen molar-refractivity contribution >= 4 is 39.2 Å². The van der Waals surface area contributed by atoms with Gasteiger partial charge in [-0.3, -0.25) is 0 Å². The normalized spacial score (nSPS) is 11.7. The first-order valence-electron chi connectivity index (χ1n) is 16.6. The highest BCUT2D eigenvalue weighted by Gasteiger charge is 2.07. The molecule has 0 fully saturated rings. The minimum atomic E-state index is 0.781. The Morgan fingerprint density at radius 3 is 1.53 bits per heavy atom. The molecule has 0 aromatic heterocycles. The second-order valence-electron chi connectivity index (χ2n) is 11.5. The summed E-state index contributed by atoms with van der Waals surface area (Å²) in [6.07, 6.45) is 19.2. The van der Waals surface area contributed by atoms with E-state index in [2.05, 4.69) is 64.0 Å². The van der Waals surface area contributed by atoms with Gasteiger partial charge >= 0.3 is 0 Å². The molecule has 0 unspecified atom stereocenters. The smallest absolute Gasteiger partial charge is 0.117 e. The Morgan fingerprint density at radius 1 is 0.442 bits per heavy atom. The lowest BCUT2D eigenvalue weighted by molar-refractivity contribution is 0.537. The standard InChI is InChI=1S/C38H49N5/c1-2-3-4-5-6-7-8-9-10-11-12-13-14-20-31-39-37-30-25-32-21-18-19-24-36(32)38(37)43-42-35-28-26-34(27-29-35)41-40-33-22-16-15-17-23-33/h15-19,21-30,39H,2-14,20,31H2,1H3. The van der Waals surface area contributed by atoms with E-state index in [1.54, 1.807) is 0 Å². The second kappa shape index (κ2) is 19.4. The van der Waals surface area contributed by atoms with E-state index >= 15 is 0 Å². The molecule has 4 aromatic rings. The molecule has 0 radical (unpaired) electrons. The number of rotatable bonds is 20. The molecular formula is C38H49N5. The molecule has 0 atom stereocenters. The van der Waals surface area contributed by atoms with Gasteiger partial charge in [0, 0.05) is 11.9 Å². The Kier molecular flexibility index (Phi) is 14.4. The third kappa shape index (κ3) is 11.7. The van der Waals surface area contributed by atoms with Crippen LogP contribution >= 0.6 is 0 Å². The zero-order valence-electron chi connectivity index (χ0n) is 26.1. The van der Waals surface area contributed by atoms with E-state index in [0.29, 0.717) is 0 Å². The number of azo groups is 2. The van der Waals surface area contributed by atoms with Crippen LogP contribution in [0.3, 0.4) is 0 Å². The monoisotopic (exact) mass is 575 g/mol. The van der Waals surface area contributed by atoms with Gasteiger partial charge in [0.25, 0.3) is 0 Å². The van der Waals surface area contributed by atoms with Crippen molar-refractivity contribution in [3.63, 3.8) is 0 Å². The van der Waals surface area contributed by atoms with Gasteiger partial charge in [-0.15, -0.1) is 5.11 Å². The maximum atomic E-state index is 4.72. The number of nitrogens with one attached hydrogen (secondary N) is 1. The molecule has 43 heavy (non-hydrogen) atoms. The summed E-state index contributed by atoms with van der Waals surface area (Å²) in [5.74, 6) is 0. The van der Waals surface area contributed by atoms with E-state index in [4.69, 9.17) is 5.11 Å². The number of fused-ring (bicyclic) bond motifs is 1. The molecule has 0 aliphatic rings. The lowest BCUT2D eigenvalue weighted by atomic mass is 10.0. The van der Waals surface area contributed by atoms with Crippen LogP contribution in [0.15, 0.2) is 111 Å². The third-order valence-corrected chi connectivity index (χ3v) is 7.90. The topological polar surface area (TPSA) is 61.5 Å². The van der Waals surface area contributed by atoms with E-state index in [1.807, 2.05) is 54.6 Å². The van der Waals surface area contributed by atoms with Gasteiger partial charge in [-0.2, -0.15) is 15.3 Å². The summed E-state index contributed by atoms with van der Waals surface area (Å²) in [5, 5.41) is 23.8. The average molecular weight is 576 g/mol. The van der Waals surface area contributed by atoms with Crippen LogP contribution in [0, 0.1) is 0 Å². The predicted molar refractivity (Wildman–Crippen MR) is 184 cm³/mol. The summed E-state index contributed by atoms with van der Waals surface area (Å²) in [6, 6.07) is 30.1. The number of nitrogens with zero attached hydrogens (tertiary/aromatic N) is 4. The molecule has 226 valence electrons. The number of benzene rings is 4. The van der Waals surface area contributed by atoms with Crippen molar-refractivity contribution in [1.82, 2.24) is 0 Å². The Morgan fingerprint density at radius 2 is 0.930 bits per heavy atom. The van der Waals surface area contributed by atoms with E-state index < -0.39 is 0 Å². The largest absolute Gasteiger partial charge is 0.383 e. The fraction of sp³-hybridized carbons (Fsp3) is 0.421. The van der Waals surface area contributed by atoms with E-state index in [1.165, 1.54) is 89.9 Å². The molecule has 5 heteroatoms. The number of anilines is 1. The van der Waals surface area contributed by atoms with Crippen molar-refractivity contribution in [2.75, 3.05) is 11.9 Å². The Balaban J connectivity index is 1.21. The SMILES string of the molecule is CCCCCCCCCCCCCCCCNc1ccc2ccccc2c1N=Nc1ccc(N=Nc2ccccc2)cc1. The molecule has 0 bridgehead atoms. The van der Waals surface area contributed by atoms with Crippen molar-refractivity contribution in [3.8, 4) is 0 Å². The van der Waals surface area contributed by atoms with E-state index in [-0.39, 0.29) is 0 Å².